The van der Waals surface area contributed by atoms with Gasteiger partial charge in [0.2, 0.25) is 0 Å². The summed E-state index contributed by atoms with van der Waals surface area (Å²) in [5.74, 6) is 0.709. The van der Waals surface area contributed by atoms with Gasteiger partial charge >= 0.3 is 0 Å². The predicted molar refractivity (Wildman–Crippen MR) is 62.9 cm³/mol. The number of rotatable bonds is 2. The Hall–Kier alpha value is -0.890. The quantitative estimate of drug-likeness (QED) is 0.800. The third kappa shape index (κ3) is 2.20. The van der Waals surface area contributed by atoms with E-state index in [2.05, 4.69) is 36.3 Å². The minimum atomic E-state index is 0.189. The van der Waals surface area contributed by atoms with E-state index in [-0.39, 0.29) is 5.41 Å². The van der Waals surface area contributed by atoms with Crippen molar-refractivity contribution in [3.63, 3.8) is 0 Å². The molecule has 0 aliphatic carbocycles. The van der Waals surface area contributed by atoms with Crippen molar-refractivity contribution in [3.8, 4) is 0 Å². The first-order chi connectivity index (χ1) is 7.21. The molecule has 1 unspecified atom stereocenters. The highest BCUT2D eigenvalue weighted by Crippen LogP contribution is 2.33. The van der Waals surface area contributed by atoms with Crippen LogP contribution in [-0.4, -0.2) is 18.1 Å². The van der Waals surface area contributed by atoms with Crippen molar-refractivity contribution in [2.45, 2.75) is 32.1 Å². The fourth-order valence-electron chi connectivity index (χ4n) is 2.42. The van der Waals surface area contributed by atoms with E-state index in [0.717, 1.165) is 6.54 Å². The van der Waals surface area contributed by atoms with Gasteiger partial charge in [0.05, 0.1) is 0 Å². The van der Waals surface area contributed by atoms with Crippen molar-refractivity contribution < 1.29 is 0 Å². The van der Waals surface area contributed by atoms with Crippen molar-refractivity contribution in [3.05, 3.63) is 30.1 Å². The molecule has 2 rings (SSSR count). The zero-order valence-corrected chi connectivity index (χ0v) is 9.66. The number of pyridine rings is 1. The summed E-state index contributed by atoms with van der Waals surface area (Å²) in [6, 6.07) is 6.22. The van der Waals surface area contributed by atoms with Crippen molar-refractivity contribution in [1.29, 1.82) is 0 Å². The fraction of sp³-hybridized carbons (Fsp3) is 0.615. The Morgan fingerprint density at radius 2 is 2.27 bits per heavy atom. The fourth-order valence-corrected chi connectivity index (χ4v) is 2.42. The maximum Gasteiger partial charge on any atom is 0.0463 e. The average Bonchev–Trinajstić information content (AvgIpc) is 2.31. The highest BCUT2D eigenvalue weighted by Gasteiger charge is 2.32. The van der Waals surface area contributed by atoms with Crippen molar-refractivity contribution >= 4 is 0 Å². The molecule has 0 spiro atoms. The molecule has 1 aliphatic rings. The molecule has 1 N–H and O–H groups in total. The number of hydrogen-bond acceptors (Lipinski definition) is 2. The SMILES string of the molecule is CC(C)(c1ccccn1)C1CCCNC1. The summed E-state index contributed by atoms with van der Waals surface area (Å²) >= 11 is 0. The zero-order valence-electron chi connectivity index (χ0n) is 9.66. The second kappa shape index (κ2) is 4.31. The molecular formula is C13H20N2. The topological polar surface area (TPSA) is 24.9 Å². The first-order valence-corrected chi connectivity index (χ1v) is 5.83. The summed E-state index contributed by atoms with van der Waals surface area (Å²) in [7, 11) is 0. The molecule has 1 aromatic heterocycles. The minimum Gasteiger partial charge on any atom is -0.316 e. The van der Waals surface area contributed by atoms with Crippen LogP contribution in [0.2, 0.25) is 0 Å². The van der Waals surface area contributed by atoms with E-state index in [9.17, 15) is 0 Å². The maximum absolute atomic E-state index is 4.50. The Bertz CT molecular complexity index is 300. The van der Waals surface area contributed by atoms with Gasteiger partial charge in [-0.15, -0.1) is 0 Å². The number of piperidine rings is 1. The van der Waals surface area contributed by atoms with E-state index in [1.54, 1.807) is 0 Å². The first kappa shape index (κ1) is 10.6. The van der Waals surface area contributed by atoms with Crippen LogP contribution in [-0.2, 0) is 5.41 Å². The number of aromatic nitrogens is 1. The summed E-state index contributed by atoms with van der Waals surface area (Å²) in [4.78, 5) is 4.50. The van der Waals surface area contributed by atoms with Gasteiger partial charge in [0.1, 0.15) is 0 Å². The molecule has 82 valence electrons. The van der Waals surface area contributed by atoms with E-state index in [1.807, 2.05) is 12.3 Å². The zero-order chi connectivity index (χ0) is 10.7. The molecule has 0 saturated carbocycles. The lowest BCUT2D eigenvalue weighted by atomic mass is 9.72. The molecule has 1 aromatic rings. The van der Waals surface area contributed by atoms with Crippen LogP contribution in [0.5, 0.6) is 0 Å². The van der Waals surface area contributed by atoms with Crippen molar-refractivity contribution in [1.82, 2.24) is 10.3 Å². The van der Waals surface area contributed by atoms with Crippen LogP contribution in [0.4, 0.5) is 0 Å². The van der Waals surface area contributed by atoms with E-state index >= 15 is 0 Å². The van der Waals surface area contributed by atoms with Gasteiger partial charge in [-0.25, -0.2) is 0 Å². The Labute approximate surface area is 92.1 Å². The lowest BCUT2D eigenvalue weighted by molar-refractivity contribution is 0.247. The average molecular weight is 204 g/mol. The van der Waals surface area contributed by atoms with Gasteiger partial charge in [-0.3, -0.25) is 4.98 Å². The summed E-state index contributed by atoms with van der Waals surface area (Å²) in [5, 5.41) is 3.48. The molecule has 1 atom stereocenters. The monoisotopic (exact) mass is 204 g/mol. The predicted octanol–water partition coefficient (Wildman–Crippen LogP) is 2.36. The number of nitrogens with zero attached hydrogens (tertiary/aromatic N) is 1. The van der Waals surface area contributed by atoms with Crippen LogP contribution in [0.1, 0.15) is 32.4 Å². The molecule has 2 nitrogen and oxygen atoms in total. The molecule has 0 amide bonds. The van der Waals surface area contributed by atoms with Gasteiger partial charge in [0.25, 0.3) is 0 Å². The molecule has 1 saturated heterocycles. The minimum absolute atomic E-state index is 0.189. The van der Waals surface area contributed by atoms with Gasteiger partial charge in [-0.2, -0.15) is 0 Å². The maximum atomic E-state index is 4.50. The van der Waals surface area contributed by atoms with Crippen LogP contribution in [0.25, 0.3) is 0 Å². The van der Waals surface area contributed by atoms with Crippen LogP contribution >= 0.6 is 0 Å². The summed E-state index contributed by atoms with van der Waals surface area (Å²) in [5.41, 5.74) is 1.41. The van der Waals surface area contributed by atoms with Gasteiger partial charge in [0, 0.05) is 17.3 Å². The molecule has 0 aromatic carbocycles. The third-order valence-electron chi connectivity index (χ3n) is 3.64. The molecule has 0 radical (unpaired) electrons. The van der Waals surface area contributed by atoms with E-state index in [1.165, 1.54) is 25.1 Å². The van der Waals surface area contributed by atoms with Crippen LogP contribution < -0.4 is 5.32 Å². The number of nitrogens with one attached hydrogen (secondary N) is 1. The first-order valence-electron chi connectivity index (χ1n) is 5.83. The van der Waals surface area contributed by atoms with Gasteiger partial charge < -0.3 is 5.32 Å². The largest absolute Gasteiger partial charge is 0.316 e. The van der Waals surface area contributed by atoms with Gasteiger partial charge in [-0.05, 0) is 44.0 Å². The number of hydrogen-bond donors (Lipinski definition) is 1. The Morgan fingerprint density at radius 3 is 2.87 bits per heavy atom. The molecule has 15 heavy (non-hydrogen) atoms. The van der Waals surface area contributed by atoms with Crippen LogP contribution in [0.15, 0.2) is 24.4 Å². The Kier molecular flexibility index (Phi) is 3.06. The summed E-state index contributed by atoms with van der Waals surface area (Å²) in [6.45, 7) is 6.93. The van der Waals surface area contributed by atoms with Crippen LogP contribution in [0.3, 0.4) is 0 Å². The molecule has 1 fully saturated rings. The Balaban J connectivity index is 2.18. The Morgan fingerprint density at radius 1 is 1.40 bits per heavy atom. The smallest absolute Gasteiger partial charge is 0.0463 e. The van der Waals surface area contributed by atoms with E-state index in [0.29, 0.717) is 5.92 Å². The normalized spacial score (nSPS) is 22.7. The third-order valence-corrected chi connectivity index (χ3v) is 3.64. The summed E-state index contributed by atoms with van der Waals surface area (Å²) in [6.07, 6.45) is 4.50. The van der Waals surface area contributed by atoms with Gasteiger partial charge in [-0.1, -0.05) is 19.9 Å². The van der Waals surface area contributed by atoms with E-state index in [4.69, 9.17) is 0 Å². The van der Waals surface area contributed by atoms with E-state index < -0.39 is 0 Å². The standard InChI is InChI=1S/C13H20N2/c1-13(2,11-6-5-8-14-10-11)12-7-3-4-9-15-12/h3-4,7,9,11,14H,5-6,8,10H2,1-2H3. The summed E-state index contributed by atoms with van der Waals surface area (Å²) < 4.78 is 0. The van der Waals surface area contributed by atoms with Gasteiger partial charge in [0.15, 0.2) is 0 Å². The van der Waals surface area contributed by atoms with Crippen LogP contribution in [0, 0.1) is 5.92 Å². The highest BCUT2D eigenvalue weighted by molar-refractivity contribution is 5.16. The molecular weight excluding hydrogens is 184 g/mol. The molecule has 0 bridgehead atoms. The van der Waals surface area contributed by atoms with Crippen molar-refractivity contribution in [2.75, 3.05) is 13.1 Å². The second-order valence-electron chi connectivity index (χ2n) is 4.98. The second-order valence-corrected chi connectivity index (χ2v) is 4.98. The molecule has 2 heterocycles. The highest BCUT2D eigenvalue weighted by atomic mass is 14.9. The lowest BCUT2D eigenvalue weighted by Gasteiger charge is -2.36. The molecule has 2 heteroatoms. The van der Waals surface area contributed by atoms with Crippen molar-refractivity contribution in [2.24, 2.45) is 5.92 Å². The lowest BCUT2D eigenvalue weighted by Crippen LogP contribution is -2.41. The molecule has 1 aliphatic heterocycles.